The van der Waals surface area contributed by atoms with Crippen LogP contribution in [0.25, 0.3) is 10.9 Å². The Bertz CT molecular complexity index is 1180. The summed E-state index contributed by atoms with van der Waals surface area (Å²) in [6.07, 6.45) is 0. The summed E-state index contributed by atoms with van der Waals surface area (Å²) in [7, 11) is 1.63. The molecule has 1 amide bonds. The third-order valence-electron chi connectivity index (χ3n) is 5.50. The second kappa shape index (κ2) is 8.39. The molecule has 1 aliphatic heterocycles. The lowest BCUT2D eigenvalue weighted by molar-refractivity contribution is -0.384. The number of anilines is 1. The topological polar surface area (TPSA) is 88.8 Å². The summed E-state index contributed by atoms with van der Waals surface area (Å²) in [5.41, 5.74) is 1.90. The first kappa shape index (κ1) is 20.9. The Morgan fingerprint density at radius 3 is 2.58 bits per heavy atom. The fourth-order valence-electron chi connectivity index (χ4n) is 3.80. The zero-order valence-electron chi connectivity index (χ0n) is 17.2. The normalized spacial score (nSPS) is 14.0. The summed E-state index contributed by atoms with van der Waals surface area (Å²) in [5, 5.41) is 12.3. The number of hydrogen-bond donors (Lipinski definition) is 0. The van der Waals surface area contributed by atoms with Crippen molar-refractivity contribution in [3.05, 3.63) is 68.7 Å². The smallest absolute Gasteiger partial charge is 0.270 e. The number of nitrogens with zero attached hydrogens (tertiary/aromatic N) is 4. The van der Waals surface area contributed by atoms with Gasteiger partial charge < -0.3 is 14.5 Å². The molecule has 1 aromatic heterocycles. The first-order chi connectivity index (χ1) is 14.9. The highest BCUT2D eigenvalue weighted by molar-refractivity contribution is 6.33. The lowest BCUT2D eigenvalue weighted by Gasteiger charge is -2.35. The average Bonchev–Trinajstić information content (AvgIpc) is 2.78. The van der Waals surface area contributed by atoms with Gasteiger partial charge in [0.15, 0.2) is 0 Å². The van der Waals surface area contributed by atoms with E-state index in [-0.39, 0.29) is 22.2 Å². The van der Waals surface area contributed by atoms with E-state index in [1.54, 1.807) is 12.0 Å². The number of non-ortho nitro benzene ring substituents is 1. The molecule has 2 heterocycles. The lowest BCUT2D eigenvalue weighted by Crippen LogP contribution is -2.49. The van der Waals surface area contributed by atoms with Crippen molar-refractivity contribution in [1.29, 1.82) is 0 Å². The Hall–Kier alpha value is -3.39. The van der Waals surface area contributed by atoms with Crippen LogP contribution in [-0.2, 0) is 0 Å². The summed E-state index contributed by atoms with van der Waals surface area (Å²) in [6, 6.07) is 11.8. The molecule has 2 aromatic carbocycles. The molecule has 0 aliphatic carbocycles. The first-order valence-corrected chi connectivity index (χ1v) is 10.2. The van der Waals surface area contributed by atoms with Crippen LogP contribution in [0.2, 0.25) is 5.02 Å². The van der Waals surface area contributed by atoms with E-state index in [4.69, 9.17) is 21.3 Å². The van der Waals surface area contributed by atoms with Crippen LogP contribution in [0.15, 0.2) is 42.5 Å². The average molecular weight is 441 g/mol. The van der Waals surface area contributed by atoms with Gasteiger partial charge in [0.2, 0.25) is 0 Å². The molecule has 0 spiro atoms. The molecule has 0 saturated carbocycles. The van der Waals surface area contributed by atoms with E-state index in [1.807, 2.05) is 31.2 Å². The van der Waals surface area contributed by atoms with Crippen LogP contribution in [-0.4, -0.2) is 54.0 Å². The number of para-hydroxylation sites is 1. The summed E-state index contributed by atoms with van der Waals surface area (Å²) < 4.78 is 5.47. The Labute approximate surface area is 184 Å². The van der Waals surface area contributed by atoms with Crippen molar-refractivity contribution in [1.82, 2.24) is 9.88 Å². The second-order valence-corrected chi connectivity index (χ2v) is 7.76. The maximum atomic E-state index is 12.9. The van der Waals surface area contributed by atoms with Crippen LogP contribution in [0, 0.1) is 17.0 Å². The predicted molar refractivity (Wildman–Crippen MR) is 119 cm³/mol. The van der Waals surface area contributed by atoms with Crippen molar-refractivity contribution in [2.75, 3.05) is 38.2 Å². The number of hydrogen-bond acceptors (Lipinski definition) is 6. The number of nitro benzene ring substituents is 1. The molecular weight excluding hydrogens is 420 g/mol. The molecule has 31 heavy (non-hydrogen) atoms. The minimum Gasteiger partial charge on any atom is -0.494 e. The number of pyridine rings is 1. The number of methoxy groups -OCH3 is 1. The van der Waals surface area contributed by atoms with E-state index in [9.17, 15) is 14.9 Å². The van der Waals surface area contributed by atoms with E-state index >= 15 is 0 Å². The van der Waals surface area contributed by atoms with Crippen LogP contribution in [0.3, 0.4) is 0 Å². The number of amides is 1. The molecule has 160 valence electrons. The van der Waals surface area contributed by atoms with Gasteiger partial charge in [-0.15, -0.1) is 0 Å². The number of carbonyl (C=O) groups excluding carboxylic acids is 1. The number of aromatic nitrogens is 1. The molecule has 3 aromatic rings. The maximum Gasteiger partial charge on any atom is 0.270 e. The lowest BCUT2D eigenvalue weighted by atomic mass is 10.1. The largest absolute Gasteiger partial charge is 0.494 e. The van der Waals surface area contributed by atoms with Gasteiger partial charge in [-0.25, -0.2) is 4.98 Å². The highest BCUT2D eigenvalue weighted by Crippen LogP contribution is 2.30. The minimum atomic E-state index is -0.535. The van der Waals surface area contributed by atoms with Crippen molar-refractivity contribution in [3.63, 3.8) is 0 Å². The van der Waals surface area contributed by atoms with Gasteiger partial charge in [0.25, 0.3) is 11.6 Å². The number of carbonyl (C=O) groups is 1. The van der Waals surface area contributed by atoms with Crippen molar-refractivity contribution in [3.8, 4) is 5.75 Å². The maximum absolute atomic E-state index is 12.9. The van der Waals surface area contributed by atoms with Crippen LogP contribution in [0.5, 0.6) is 5.75 Å². The number of benzene rings is 2. The van der Waals surface area contributed by atoms with E-state index in [0.29, 0.717) is 26.2 Å². The molecule has 9 heteroatoms. The van der Waals surface area contributed by atoms with Gasteiger partial charge in [0.05, 0.1) is 22.6 Å². The standard InChI is InChI=1S/C22H21ClN4O4/c1-14-12-20(24-21-16(14)4-3-5-19(21)31-2)25-8-10-26(11-9-25)22(28)17-13-15(27(29)30)6-7-18(17)23/h3-7,12-13H,8-11H2,1-2H3. The summed E-state index contributed by atoms with van der Waals surface area (Å²) >= 11 is 6.14. The Kier molecular flexibility index (Phi) is 5.65. The van der Waals surface area contributed by atoms with Gasteiger partial charge in [-0.05, 0) is 30.7 Å². The van der Waals surface area contributed by atoms with Gasteiger partial charge in [0, 0.05) is 43.7 Å². The van der Waals surface area contributed by atoms with Crippen LogP contribution in [0.4, 0.5) is 11.5 Å². The van der Waals surface area contributed by atoms with Crippen molar-refractivity contribution >= 4 is 39.9 Å². The summed E-state index contributed by atoms with van der Waals surface area (Å²) in [4.78, 5) is 32.0. The molecule has 0 radical (unpaired) electrons. The summed E-state index contributed by atoms with van der Waals surface area (Å²) in [6.45, 7) is 4.14. The number of aryl methyl sites for hydroxylation is 1. The third-order valence-corrected chi connectivity index (χ3v) is 5.83. The number of halogens is 1. The zero-order valence-corrected chi connectivity index (χ0v) is 17.9. The van der Waals surface area contributed by atoms with Gasteiger partial charge in [-0.2, -0.15) is 0 Å². The van der Waals surface area contributed by atoms with Crippen LogP contribution in [0.1, 0.15) is 15.9 Å². The summed E-state index contributed by atoms with van der Waals surface area (Å²) in [5.74, 6) is 1.24. The molecule has 0 atom stereocenters. The van der Waals surface area contributed by atoms with Gasteiger partial charge in [-0.1, -0.05) is 23.7 Å². The molecule has 1 fully saturated rings. The number of rotatable bonds is 4. The van der Waals surface area contributed by atoms with Crippen molar-refractivity contribution < 1.29 is 14.5 Å². The van der Waals surface area contributed by atoms with E-state index < -0.39 is 4.92 Å². The molecule has 0 N–H and O–H groups in total. The van der Waals surface area contributed by atoms with E-state index in [2.05, 4.69) is 4.90 Å². The highest BCUT2D eigenvalue weighted by Gasteiger charge is 2.26. The predicted octanol–water partition coefficient (Wildman–Crippen LogP) is 4.08. The SMILES string of the molecule is COc1cccc2c(C)cc(N3CCN(C(=O)c4cc([N+](=O)[O-])ccc4Cl)CC3)nc12. The fraction of sp³-hybridized carbons (Fsp3) is 0.273. The number of fused-ring (bicyclic) bond motifs is 1. The first-order valence-electron chi connectivity index (χ1n) is 9.81. The van der Waals surface area contributed by atoms with Gasteiger partial charge >= 0.3 is 0 Å². The molecule has 8 nitrogen and oxygen atoms in total. The Morgan fingerprint density at radius 1 is 1.16 bits per heavy atom. The van der Waals surface area contributed by atoms with E-state index in [0.717, 1.165) is 28.0 Å². The zero-order chi connectivity index (χ0) is 22.1. The molecule has 1 aliphatic rings. The third kappa shape index (κ3) is 3.98. The molecular formula is C22H21ClN4O4. The van der Waals surface area contributed by atoms with Crippen LogP contribution >= 0.6 is 11.6 Å². The van der Waals surface area contributed by atoms with Crippen molar-refractivity contribution in [2.24, 2.45) is 0 Å². The Morgan fingerprint density at radius 2 is 1.90 bits per heavy atom. The quantitative estimate of drug-likeness (QED) is 0.448. The van der Waals surface area contributed by atoms with E-state index in [1.165, 1.54) is 18.2 Å². The highest BCUT2D eigenvalue weighted by atomic mass is 35.5. The van der Waals surface area contributed by atoms with Gasteiger partial charge in [0.1, 0.15) is 17.1 Å². The van der Waals surface area contributed by atoms with Gasteiger partial charge in [-0.3, -0.25) is 14.9 Å². The molecule has 0 unspecified atom stereocenters. The number of nitro groups is 1. The Balaban J connectivity index is 1.53. The number of piperazine rings is 1. The number of ether oxygens (including phenoxy) is 1. The molecule has 4 rings (SSSR count). The van der Waals surface area contributed by atoms with Crippen LogP contribution < -0.4 is 9.64 Å². The minimum absolute atomic E-state index is 0.147. The second-order valence-electron chi connectivity index (χ2n) is 7.35. The fourth-order valence-corrected chi connectivity index (χ4v) is 4.00. The molecule has 1 saturated heterocycles. The molecule has 0 bridgehead atoms. The monoisotopic (exact) mass is 440 g/mol. The van der Waals surface area contributed by atoms with Crippen molar-refractivity contribution in [2.45, 2.75) is 6.92 Å².